The van der Waals surface area contributed by atoms with Gasteiger partial charge in [0.25, 0.3) is 0 Å². The molecule has 4 aromatic carbocycles. The average molecular weight is 491 g/mol. The zero-order chi connectivity index (χ0) is 24.5. The topological polar surface area (TPSA) is 53.7 Å². The molecule has 6 rings (SSSR count). The highest BCUT2D eigenvalue weighted by molar-refractivity contribution is 8.18. The Morgan fingerprint density at radius 3 is 2.47 bits per heavy atom. The molecule has 1 atom stereocenters. The van der Waals surface area contributed by atoms with Gasteiger partial charge in [-0.05, 0) is 46.2 Å². The summed E-state index contributed by atoms with van der Waals surface area (Å²) in [5, 5.41) is 10.4. The molecule has 0 bridgehead atoms. The first-order valence-electron chi connectivity index (χ1n) is 11.8. The van der Waals surface area contributed by atoms with E-state index in [2.05, 4.69) is 53.8 Å². The summed E-state index contributed by atoms with van der Waals surface area (Å²) in [6, 6.07) is 32.8. The number of hydrogen-bond acceptors (Lipinski definition) is 4. The molecule has 2 aliphatic rings. The van der Waals surface area contributed by atoms with Gasteiger partial charge in [-0.15, -0.1) is 4.68 Å². The third kappa shape index (κ3) is 4.32. The molecule has 0 spiro atoms. The summed E-state index contributed by atoms with van der Waals surface area (Å²) in [6.45, 7) is 0. The number of carbonyl (C=O) groups is 1. The van der Waals surface area contributed by atoms with Gasteiger partial charge in [0.15, 0.2) is 6.04 Å². The number of amidine groups is 1. The fourth-order valence-corrected chi connectivity index (χ4v) is 5.43. The molecule has 1 amide bonds. The van der Waals surface area contributed by atoms with E-state index in [-0.39, 0.29) is 11.3 Å². The molecule has 176 valence electrons. The highest BCUT2D eigenvalue weighted by atomic mass is 32.2. The van der Waals surface area contributed by atoms with Gasteiger partial charge < -0.3 is 4.74 Å². The number of benzene rings is 4. The van der Waals surface area contributed by atoms with Crippen LogP contribution in [0, 0.1) is 0 Å². The molecule has 2 aliphatic heterocycles. The summed E-state index contributed by atoms with van der Waals surface area (Å²) < 4.78 is 7.34. The molecule has 0 aromatic heterocycles. The number of thioether (sulfide) groups is 1. The van der Waals surface area contributed by atoms with E-state index in [1.165, 1.54) is 22.5 Å². The van der Waals surface area contributed by atoms with Crippen LogP contribution in [-0.4, -0.2) is 28.6 Å². The summed E-state index contributed by atoms with van der Waals surface area (Å²) in [6.07, 6.45) is 2.75. The van der Waals surface area contributed by atoms with Crippen molar-refractivity contribution in [2.75, 3.05) is 7.11 Å². The van der Waals surface area contributed by atoms with E-state index in [9.17, 15) is 4.79 Å². The van der Waals surface area contributed by atoms with E-state index in [1.54, 1.807) is 7.11 Å². The van der Waals surface area contributed by atoms with E-state index in [0.717, 1.165) is 33.1 Å². The van der Waals surface area contributed by atoms with Crippen LogP contribution >= 0.6 is 11.8 Å². The van der Waals surface area contributed by atoms with Crippen molar-refractivity contribution in [3.63, 3.8) is 0 Å². The van der Waals surface area contributed by atoms with Crippen molar-refractivity contribution in [3.05, 3.63) is 119 Å². The van der Waals surface area contributed by atoms with Crippen LogP contribution in [0.3, 0.4) is 0 Å². The zero-order valence-electron chi connectivity index (χ0n) is 19.7. The van der Waals surface area contributed by atoms with E-state index in [0.29, 0.717) is 12.3 Å². The summed E-state index contributed by atoms with van der Waals surface area (Å²) in [4.78, 5) is 13.4. The first kappa shape index (κ1) is 22.3. The molecule has 0 saturated carbocycles. The summed E-state index contributed by atoms with van der Waals surface area (Å²) in [5.74, 6) is 1.52. The summed E-state index contributed by atoms with van der Waals surface area (Å²) in [5.41, 5.74) is 4.21. The Labute approximate surface area is 213 Å². The Bertz CT molecular complexity index is 1560. The lowest BCUT2D eigenvalue weighted by molar-refractivity contribution is -0.568. The molecule has 5 nitrogen and oxygen atoms in total. The Hall–Kier alpha value is -4.16. The van der Waals surface area contributed by atoms with E-state index >= 15 is 0 Å². The standard InChI is InChI=1S/C30H23N3O2S/c1-35-25-15-13-22(14-16-25)27-19-26(24-12-11-21-9-5-6-10-23(21)18-24)32-33(27)29-28(36-30(34)31-29)17-20-7-3-2-4-8-20/h2-18,27H,19H2,1H3/p+1/b28-17-/t27-/m1/s1. The maximum atomic E-state index is 12.5. The molecule has 6 heteroatoms. The number of nitrogens with one attached hydrogen (secondary N) is 1. The van der Waals surface area contributed by atoms with Crippen molar-refractivity contribution in [1.29, 1.82) is 0 Å². The molecule has 2 heterocycles. The number of carbonyl (C=O) groups excluding carboxylic acids is 1. The number of hydrogen-bond donors (Lipinski definition) is 1. The molecule has 1 fully saturated rings. The molecule has 0 radical (unpaired) electrons. The largest absolute Gasteiger partial charge is 0.497 e. The first-order valence-corrected chi connectivity index (χ1v) is 12.6. The van der Waals surface area contributed by atoms with Gasteiger partial charge in [-0.1, -0.05) is 84.0 Å². The van der Waals surface area contributed by atoms with Gasteiger partial charge in [0.1, 0.15) is 10.7 Å². The number of ether oxygens (including phenoxy) is 1. The lowest BCUT2D eigenvalue weighted by Gasteiger charge is -2.11. The van der Waals surface area contributed by atoms with Crippen LogP contribution in [-0.2, 0) is 0 Å². The number of nitrogens with zero attached hydrogens (tertiary/aromatic N) is 2. The van der Waals surface area contributed by atoms with Gasteiger partial charge in [-0.25, -0.2) is 4.79 Å². The van der Waals surface area contributed by atoms with Gasteiger partial charge in [0.2, 0.25) is 0 Å². The normalized spacial score (nSPS) is 20.6. The molecular weight excluding hydrogens is 466 g/mol. The predicted molar refractivity (Wildman–Crippen MR) is 147 cm³/mol. The Balaban J connectivity index is 1.48. The second-order valence-electron chi connectivity index (χ2n) is 8.73. The van der Waals surface area contributed by atoms with Crippen LogP contribution in [0.1, 0.15) is 29.2 Å². The number of methoxy groups -OCH3 is 1. The van der Waals surface area contributed by atoms with Crippen molar-refractivity contribution in [3.8, 4) is 5.75 Å². The monoisotopic (exact) mass is 490 g/mol. The fourth-order valence-electron chi connectivity index (χ4n) is 4.65. The molecule has 4 aromatic rings. The van der Waals surface area contributed by atoms with Crippen molar-refractivity contribution >= 4 is 45.4 Å². The summed E-state index contributed by atoms with van der Waals surface area (Å²) >= 11 is 1.20. The smallest absolute Gasteiger partial charge is 0.372 e. The Morgan fingerprint density at radius 2 is 1.69 bits per heavy atom. The SMILES string of the molecule is COc1ccc([C@H]2CC(c3ccc4ccccc4c3)=N/[N+]2=C2/NC(=O)S/C2=C\c2ccccc2)cc1. The second kappa shape index (κ2) is 9.47. The van der Waals surface area contributed by atoms with Crippen molar-refractivity contribution < 1.29 is 14.2 Å². The van der Waals surface area contributed by atoms with Crippen LogP contribution in [0.4, 0.5) is 4.79 Å². The maximum absolute atomic E-state index is 12.5. The van der Waals surface area contributed by atoms with Crippen LogP contribution in [0.2, 0.25) is 0 Å². The van der Waals surface area contributed by atoms with E-state index in [4.69, 9.17) is 9.84 Å². The predicted octanol–water partition coefficient (Wildman–Crippen LogP) is 6.61. The minimum atomic E-state index is -0.102. The third-order valence-electron chi connectivity index (χ3n) is 6.48. The lowest BCUT2D eigenvalue weighted by Crippen LogP contribution is -2.29. The second-order valence-corrected chi connectivity index (χ2v) is 9.74. The molecule has 1 N–H and O–H groups in total. The Kier molecular flexibility index (Phi) is 5.87. The van der Waals surface area contributed by atoms with Crippen LogP contribution in [0.5, 0.6) is 5.75 Å². The maximum Gasteiger partial charge on any atom is 0.372 e. The van der Waals surface area contributed by atoms with Gasteiger partial charge in [-0.2, -0.15) is 5.32 Å². The fraction of sp³-hybridized carbons (Fsp3) is 0.100. The molecule has 36 heavy (non-hydrogen) atoms. The van der Waals surface area contributed by atoms with Crippen molar-refractivity contribution in [1.82, 2.24) is 5.32 Å². The number of amides is 1. The van der Waals surface area contributed by atoms with Crippen molar-refractivity contribution in [2.24, 2.45) is 5.10 Å². The highest BCUT2D eigenvalue weighted by Gasteiger charge is 2.40. The molecular formula is C30H24N3O2S+. The quantitative estimate of drug-likeness (QED) is 0.328. The third-order valence-corrected chi connectivity index (χ3v) is 7.30. The highest BCUT2D eigenvalue weighted by Crippen LogP contribution is 2.35. The van der Waals surface area contributed by atoms with E-state index < -0.39 is 0 Å². The van der Waals surface area contributed by atoms with Gasteiger partial charge >= 0.3 is 11.1 Å². The molecule has 0 aliphatic carbocycles. The molecule has 0 unspecified atom stereocenters. The number of hydrazone groups is 1. The van der Waals surface area contributed by atoms with Crippen LogP contribution in [0.25, 0.3) is 16.8 Å². The van der Waals surface area contributed by atoms with Crippen LogP contribution in [0.15, 0.2) is 107 Å². The van der Waals surface area contributed by atoms with Gasteiger partial charge in [0.05, 0.1) is 12.8 Å². The van der Waals surface area contributed by atoms with Crippen LogP contribution < -0.4 is 10.1 Å². The Morgan fingerprint density at radius 1 is 0.944 bits per heavy atom. The minimum Gasteiger partial charge on any atom is -0.497 e. The van der Waals surface area contributed by atoms with Gasteiger partial charge in [0, 0.05) is 23.7 Å². The minimum absolute atomic E-state index is 0.0643. The van der Waals surface area contributed by atoms with Crippen molar-refractivity contribution in [2.45, 2.75) is 12.5 Å². The molecule has 1 saturated heterocycles. The van der Waals surface area contributed by atoms with E-state index in [1.807, 2.05) is 59.3 Å². The average Bonchev–Trinajstić information content (AvgIpc) is 3.52. The zero-order valence-corrected chi connectivity index (χ0v) is 20.5. The lowest BCUT2D eigenvalue weighted by atomic mass is 9.97. The van der Waals surface area contributed by atoms with Gasteiger partial charge in [-0.3, -0.25) is 0 Å². The number of fused-ring (bicyclic) bond motifs is 1. The first-order chi connectivity index (χ1) is 17.7. The summed E-state index contributed by atoms with van der Waals surface area (Å²) in [7, 11) is 1.67. The number of rotatable bonds is 4.